The molecule has 1 aromatic carbocycles. The third-order valence-electron chi connectivity index (χ3n) is 6.05. The SMILES string of the molecule is O=C(NCC(c1scnc1C(F)F)N1CCC(Oc2ncccc2C(F)(F)F)CC1)c1c(F)cccc1Cl. The number of pyridine rings is 1. The first-order valence-electron chi connectivity index (χ1n) is 11.4. The lowest BCUT2D eigenvalue weighted by Gasteiger charge is -2.37. The van der Waals surface area contributed by atoms with Crippen molar-refractivity contribution in [1.29, 1.82) is 0 Å². The number of piperidine rings is 1. The number of halogens is 7. The van der Waals surface area contributed by atoms with Gasteiger partial charge in [-0.05, 0) is 37.1 Å². The summed E-state index contributed by atoms with van der Waals surface area (Å²) in [4.78, 5) is 22.2. The summed E-state index contributed by atoms with van der Waals surface area (Å²) >= 11 is 6.96. The number of hydrogen-bond donors (Lipinski definition) is 1. The monoisotopic (exact) mass is 578 g/mol. The van der Waals surface area contributed by atoms with Gasteiger partial charge in [0.2, 0.25) is 5.88 Å². The zero-order valence-electron chi connectivity index (χ0n) is 19.5. The van der Waals surface area contributed by atoms with Crippen LogP contribution in [-0.4, -0.2) is 46.5 Å². The highest BCUT2D eigenvalue weighted by molar-refractivity contribution is 7.09. The number of likely N-dealkylation sites (tertiary alicyclic amines) is 1. The average molecular weight is 579 g/mol. The van der Waals surface area contributed by atoms with Gasteiger partial charge in [0.05, 0.1) is 27.0 Å². The molecule has 1 N–H and O–H groups in total. The van der Waals surface area contributed by atoms with Crippen LogP contribution in [0.5, 0.6) is 5.88 Å². The number of ether oxygens (including phenoxy) is 1. The van der Waals surface area contributed by atoms with Gasteiger partial charge in [0.1, 0.15) is 23.2 Å². The Morgan fingerprint density at radius 3 is 2.58 bits per heavy atom. The molecule has 4 rings (SSSR count). The fourth-order valence-electron chi connectivity index (χ4n) is 4.22. The first-order chi connectivity index (χ1) is 18.1. The van der Waals surface area contributed by atoms with Crippen LogP contribution < -0.4 is 10.1 Å². The number of aromatic nitrogens is 2. The maximum atomic E-state index is 14.2. The highest BCUT2D eigenvalue weighted by atomic mass is 35.5. The van der Waals surface area contributed by atoms with Crippen LogP contribution in [0, 0.1) is 5.82 Å². The fourth-order valence-corrected chi connectivity index (χ4v) is 5.40. The highest BCUT2D eigenvalue weighted by Gasteiger charge is 2.37. The lowest BCUT2D eigenvalue weighted by molar-refractivity contribution is -0.139. The summed E-state index contributed by atoms with van der Waals surface area (Å²) in [7, 11) is 0. The number of alkyl halides is 5. The number of benzene rings is 1. The maximum Gasteiger partial charge on any atom is 0.421 e. The molecule has 2 aromatic heterocycles. The Bertz CT molecular complexity index is 1250. The van der Waals surface area contributed by atoms with Crippen LogP contribution in [0.1, 0.15) is 51.8 Å². The van der Waals surface area contributed by atoms with E-state index in [9.17, 15) is 31.1 Å². The van der Waals surface area contributed by atoms with Gasteiger partial charge in [-0.2, -0.15) is 13.2 Å². The number of carbonyl (C=O) groups excluding carboxylic acids is 1. The molecule has 1 unspecified atom stereocenters. The molecule has 14 heteroatoms. The molecule has 1 aliphatic rings. The fraction of sp³-hybridized carbons (Fsp3) is 0.375. The van der Waals surface area contributed by atoms with Crippen LogP contribution >= 0.6 is 22.9 Å². The van der Waals surface area contributed by atoms with Crippen molar-refractivity contribution in [2.75, 3.05) is 19.6 Å². The summed E-state index contributed by atoms with van der Waals surface area (Å²) in [6.45, 7) is 0.371. The van der Waals surface area contributed by atoms with Crippen molar-refractivity contribution in [2.24, 2.45) is 0 Å². The lowest BCUT2D eigenvalue weighted by atomic mass is 10.0. The summed E-state index contributed by atoms with van der Waals surface area (Å²) in [6.07, 6.45) is -6.32. The first-order valence-corrected chi connectivity index (χ1v) is 12.7. The smallest absolute Gasteiger partial charge is 0.421 e. The van der Waals surface area contributed by atoms with Crippen LogP contribution in [0.3, 0.4) is 0 Å². The van der Waals surface area contributed by atoms with E-state index in [1.807, 2.05) is 4.90 Å². The number of amides is 1. The molecule has 1 fully saturated rings. The molecular weight excluding hydrogens is 558 g/mol. The second-order valence-electron chi connectivity index (χ2n) is 8.43. The van der Waals surface area contributed by atoms with Gasteiger partial charge in [-0.1, -0.05) is 17.7 Å². The van der Waals surface area contributed by atoms with Gasteiger partial charge in [0.15, 0.2) is 0 Å². The number of rotatable bonds is 8. The number of nitrogens with zero attached hydrogens (tertiary/aromatic N) is 3. The minimum atomic E-state index is -4.63. The minimum absolute atomic E-state index is 0.101. The number of nitrogens with one attached hydrogen (secondary N) is 1. The number of hydrogen-bond acceptors (Lipinski definition) is 6. The maximum absolute atomic E-state index is 14.2. The Morgan fingerprint density at radius 1 is 1.18 bits per heavy atom. The standard InChI is InChI=1S/C24H21ClF6N4O2S/c25-15-4-1-5-16(26)18(15)22(36)33-11-17(20-19(21(27)28)34-12-38-20)35-9-6-13(7-10-35)37-23-14(24(29,30)31)3-2-8-32-23/h1-5,8,12-13,17,21H,6-7,9-11H2,(H,33,36). The van der Waals surface area contributed by atoms with Crippen LogP contribution in [0.25, 0.3) is 0 Å². The minimum Gasteiger partial charge on any atom is -0.474 e. The summed E-state index contributed by atoms with van der Waals surface area (Å²) in [5.74, 6) is -2.16. The first kappa shape index (κ1) is 28.1. The van der Waals surface area contributed by atoms with E-state index < -0.39 is 53.6 Å². The molecule has 6 nitrogen and oxygen atoms in total. The number of thiazole rings is 1. The third kappa shape index (κ3) is 6.38. The normalized spacial score (nSPS) is 16.0. The topological polar surface area (TPSA) is 67.4 Å². The Balaban J connectivity index is 1.49. The molecule has 1 atom stereocenters. The van der Waals surface area contributed by atoms with Crippen LogP contribution in [0.4, 0.5) is 26.3 Å². The molecule has 3 heterocycles. The van der Waals surface area contributed by atoms with Gasteiger partial charge in [0, 0.05) is 25.8 Å². The molecule has 0 bridgehead atoms. The molecule has 3 aromatic rings. The van der Waals surface area contributed by atoms with Crippen LogP contribution in [-0.2, 0) is 6.18 Å². The van der Waals surface area contributed by atoms with E-state index >= 15 is 0 Å². The van der Waals surface area contributed by atoms with Crippen LogP contribution in [0.15, 0.2) is 42.0 Å². The molecule has 1 aliphatic heterocycles. The van der Waals surface area contributed by atoms with Crippen molar-refractivity contribution >= 4 is 28.8 Å². The van der Waals surface area contributed by atoms with Crippen molar-refractivity contribution in [2.45, 2.75) is 37.6 Å². The van der Waals surface area contributed by atoms with Gasteiger partial charge in [0.25, 0.3) is 12.3 Å². The molecule has 1 amide bonds. The molecule has 204 valence electrons. The van der Waals surface area contributed by atoms with E-state index in [2.05, 4.69) is 15.3 Å². The van der Waals surface area contributed by atoms with E-state index in [0.29, 0.717) is 0 Å². The predicted octanol–water partition coefficient (Wildman–Crippen LogP) is 6.30. The van der Waals surface area contributed by atoms with E-state index in [1.54, 1.807) is 0 Å². The molecule has 0 saturated carbocycles. The zero-order valence-corrected chi connectivity index (χ0v) is 21.1. The van der Waals surface area contributed by atoms with Gasteiger partial charge in [-0.15, -0.1) is 11.3 Å². The molecular formula is C24H21ClF6N4O2S. The third-order valence-corrected chi connectivity index (χ3v) is 7.31. The van der Waals surface area contributed by atoms with E-state index in [0.717, 1.165) is 23.5 Å². The van der Waals surface area contributed by atoms with Crippen molar-refractivity contribution in [1.82, 2.24) is 20.2 Å². The van der Waals surface area contributed by atoms with Crippen molar-refractivity contribution < 1.29 is 35.9 Å². The van der Waals surface area contributed by atoms with Gasteiger partial charge in [-0.25, -0.2) is 23.1 Å². The van der Waals surface area contributed by atoms with E-state index in [4.69, 9.17) is 16.3 Å². The summed E-state index contributed by atoms with van der Waals surface area (Å²) in [5, 5.41) is 2.47. The van der Waals surface area contributed by atoms with Gasteiger partial charge in [-0.3, -0.25) is 9.69 Å². The largest absolute Gasteiger partial charge is 0.474 e. The van der Waals surface area contributed by atoms with Gasteiger partial charge < -0.3 is 10.1 Å². The number of carbonyl (C=O) groups is 1. The molecule has 0 aliphatic carbocycles. The van der Waals surface area contributed by atoms with Crippen molar-refractivity contribution in [3.8, 4) is 5.88 Å². The second kappa shape index (κ2) is 11.9. The molecule has 0 spiro atoms. The molecule has 1 saturated heterocycles. The van der Waals surface area contributed by atoms with Crippen LogP contribution in [0.2, 0.25) is 5.02 Å². The average Bonchev–Trinajstić information content (AvgIpc) is 3.35. The van der Waals surface area contributed by atoms with Crippen molar-refractivity contribution in [3.63, 3.8) is 0 Å². The summed E-state index contributed by atoms with van der Waals surface area (Å²) in [6, 6.07) is 5.08. The highest BCUT2D eigenvalue weighted by Crippen LogP contribution is 2.37. The Hall–Kier alpha value is -2.90. The van der Waals surface area contributed by atoms with Gasteiger partial charge >= 0.3 is 6.18 Å². The Kier molecular flexibility index (Phi) is 8.78. The van der Waals surface area contributed by atoms with E-state index in [1.165, 1.54) is 29.9 Å². The zero-order chi connectivity index (χ0) is 27.4. The predicted molar refractivity (Wildman–Crippen MR) is 128 cm³/mol. The Morgan fingerprint density at radius 2 is 1.92 bits per heavy atom. The quantitative estimate of drug-likeness (QED) is 0.318. The van der Waals surface area contributed by atoms with Crippen molar-refractivity contribution in [3.05, 3.63) is 74.6 Å². The molecule has 38 heavy (non-hydrogen) atoms. The second-order valence-corrected chi connectivity index (χ2v) is 9.73. The lowest BCUT2D eigenvalue weighted by Crippen LogP contribution is -2.44. The molecule has 0 radical (unpaired) electrons. The summed E-state index contributed by atoms with van der Waals surface area (Å²) in [5.41, 5.74) is -0.509. The van der Waals surface area contributed by atoms with E-state index in [-0.39, 0.29) is 47.9 Å². The summed E-state index contributed by atoms with van der Waals surface area (Å²) < 4.78 is 86.9. The Labute approximate surface area is 222 Å².